The maximum absolute atomic E-state index is 13.7. The lowest BCUT2D eigenvalue weighted by molar-refractivity contribution is 0.149. The molecule has 2 rings (SSSR count). The third-order valence-electron chi connectivity index (χ3n) is 5.04. The average Bonchev–Trinajstić information content (AvgIpc) is 2.75. The minimum absolute atomic E-state index is 0.138. The number of rotatable bonds is 14. The van der Waals surface area contributed by atoms with Crippen molar-refractivity contribution in [3.8, 4) is 17.1 Å². The van der Waals surface area contributed by atoms with Crippen LogP contribution in [-0.2, 0) is 6.42 Å². The molecule has 1 aromatic heterocycles. The van der Waals surface area contributed by atoms with E-state index in [1.165, 1.54) is 56.5 Å². The zero-order chi connectivity index (χ0) is 20.9. The Labute approximate surface area is 173 Å². The molecule has 0 aliphatic rings. The molecule has 2 aromatic rings. The molecule has 1 heterocycles. The molecule has 0 aliphatic carbocycles. The van der Waals surface area contributed by atoms with Gasteiger partial charge in [-0.15, -0.1) is 0 Å². The third kappa shape index (κ3) is 8.88. The van der Waals surface area contributed by atoms with Gasteiger partial charge in [0.25, 0.3) is 0 Å². The first-order valence-corrected chi connectivity index (χ1v) is 10.9. The van der Waals surface area contributed by atoms with Gasteiger partial charge in [0.15, 0.2) is 11.6 Å². The van der Waals surface area contributed by atoms with E-state index in [9.17, 15) is 8.78 Å². The first-order valence-electron chi connectivity index (χ1n) is 10.9. The van der Waals surface area contributed by atoms with Crippen LogP contribution in [0.3, 0.4) is 0 Å². The number of alkyl halides is 2. The lowest BCUT2D eigenvalue weighted by Gasteiger charge is -2.12. The van der Waals surface area contributed by atoms with Gasteiger partial charge in [0.2, 0.25) is 0 Å². The van der Waals surface area contributed by atoms with E-state index in [2.05, 4.69) is 29.0 Å². The SMILES string of the molecule is CCCCCCCCc1ccc(-c2ncc(OCC(F)CC(F)CC)cn2)cc1. The van der Waals surface area contributed by atoms with E-state index in [0.29, 0.717) is 18.0 Å². The van der Waals surface area contributed by atoms with Crippen LogP contribution in [0.2, 0.25) is 0 Å². The summed E-state index contributed by atoms with van der Waals surface area (Å²) in [7, 11) is 0. The van der Waals surface area contributed by atoms with Crippen LogP contribution >= 0.6 is 0 Å². The number of aromatic nitrogens is 2. The fourth-order valence-corrected chi connectivity index (χ4v) is 3.17. The number of hydrogen-bond acceptors (Lipinski definition) is 3. The number of unbranched alkanes of at least 4 members (excludes halogenated alkanes) is 5. The Hall–Kier alpha value is -2.04. The highest BCUT2D eigenvalue weighted by atomic mass is 19.1. The molecule has 0 saturated heterocycles. The highest BCUT2D eigenvalue weighted by Crippen LogP contribution is 2.19. The van der Waals surface area contributed by atoms with Crippen molar-refractivity contribution < 1.29 is 13.5 Å². The van der Waals surface area contributed by atoms with Crippen LogP contribution < -0.4 is 4.74 Å². The van der Waals surface area contributed by atoms with Crippen molar-refractivity contribution in [1.29, 1.82) is 0 Å². The highest BCUT2D eigenvalue weighted by Gasteiger charge is 2.14. The number of halogens is 2. The topological polar surface area (TPSA) is 35.0 Å². The molecule has 0 saturated carbocycles. The third-order valence-corrected chi connectivity index (χ3v) is 5.04. The van der Waals surface area contributed by atoms with Crippen LogP contribution in [0.15, 0.2) is 36.7 Å². The minimum atomic E-state index is -1.33. The van der Waals surface area contributed by atoms with Crippen molar-refractivity contribution in [1.82, 2.24) is 9.97 Å². The summed E-state index contributed by atoms with van der Waals surface area (Å²) >= 11 is 0. The fraction of sp³-hybridized carbons (Fsp3) is 0.583. The molecule has 2 unspecified atom stereocenters. The summed E-state index contributed by atoms with van der Waals surface area (Å²) in [6, 6.07) is 8.33. The Kier molecular flexibility index (Phi) is 10.6. The summed E-state index contributed by atoms with van der Waals surface area (Å²) in [6.07, 6.45) is 9.68. The van der Waals surface area contributed by atoms with E-state index in [-0.39, 0.29) is 13.0 Å². The number of hydrogen-bond donors (Lipinski definition) is 0. The molecule has 1 aromatic carbocycles. The molecule has 0 radical (unpaired) electrons. The number of ether oxygens (including phenoxy) is 1. The predicted molar refractivity (Wildman–Crippen MR) is 115 cm³/mol. The molecule has 29 heavy (non-hydrogen) atoms. The Balaban J connectivity index is 1.77. The lowest BCUT2D eigenvalue weighted by atomic mass is 10.0. The van der Waals surface area contributed by atoms with E-state index in [1.807, 2.05) is 12.1 Å². The number of aryl methyl sites for hydroxylation is 1. The van der Waals surface area contributed by atoms with E-state index in [4.69, 9.17) is 4.74 Å². The largest absolute Gasteiger partial charge is 0.487 e. The van der Waals surface area contributed by atoms with Gasteiger partial charge in [-0.05, 0) is 24.8 Å². The maximum Gasteiger partial charge on any atom is 0.159 e. The molecule has 0 amide bonds. The van der Waals surface area contributed by atoms with Crippen LogP contribution in [0.1, 0.15) is 70.8 Å². The predicted octanol–water partition coefficient (Wildman–Crippen LogP) is 6.90. The number of benzene rings is 1. The monoisotopic (exact) mass is 404 g/mol. The first-order chi connectivity index (χ1) is 14.1. The second kappa shape index (κ2) is 13.2. The van der Waals surface area contributed by atoms with Gasteiger partial charge in [-0.25, -0.2) is 18.7 Å². The van der Waals surface area contributed by atoms with Crippen molar-refractivity contribution in [3.63, 3.8) is 0 Å². The van der Waals surface area contributed by atoms with E-state index >= 15 is 0 Å². The summed E-state index contributed by atoms with van der Waals surface area (Å²) in [6.45, 7) is 3.75. The molecule has 0 bridgehead atoms. The maximum atomic E-state index is 13.7. The van der Waals surface area contributed by atoms with Crippen molar-refractivity contribution in [2.75, 3.05) is 6.61 Å². The van der Waals surface area contributed by atoms with Crippen molar-refractivity contribution in [2.24, 2.45) is 0 Å². The average molecular weight is 405 g/mol. The smallest absolute Gasteiger partial charge is 0.159 e. The summed E-state index contributed by atoms with van der Waals surface area (Å²) in [4.78, 5) is 8.61. The molecule has 2 atom stereocenters. The van der Waals surface area contributed by atoms with Crippen molar-refractivity contribution in [3.05, 3.63) is 42.2 Å². The van der Waals surface area contributed by atoms with Gasteiger partial charge in [0.1, 0.15) is 19.0 Å². The van der Waals surface area contributed by atoms with Gasteiger partial charge in [-0.3, -0.25) is 0 Å². The Morgan fingerprint density at radius 3 is 2.17 bits per heavy atom. The van der Waals surface area contributed by atoms with Crippen molar-refractivity contribution >= 4 is 0 Å². The normalized spacial score (nSPS) is 13.2. The summed E-state index contributed by atoms with van der Waals surface area (Å²) < 4.78 is 32.2. The summed E-state index contributed by atoms with van der Waals surface area (Å²) in [5, 5.41) is 0. The standard InChI is InChI=1S/C24H34F2N2O/c1-3-5-6-7-8-9-10-19-11-13-20(14-12-19)24-27-16-23(17-28-24)29-18-22(26)15-21(25)4-2/h11-14,16-17,21-22H,3-10,15,18H2,1-2H3. The van der Waals surface area contributed by atoms with E-state index in [1.54, 1.807) is 6.92 Å². The molecular weight excluding hydrogens is 370 g/mol. The Morgan fingerprint density at radius 2 is 1.52 bits per heavy atom. The van der Waals surface area contributed by atoms with Crippen LogP contribution in [-0.4, -0.2) is 28.9 Å². The highest BCUT2D eigenvalue weighted by molar-refractivity contribution is 5.55. The molecule has 5 heteroatoms. The molecular formula is C24H34F2N2O. The van der Waals surface area contributed by atoms with E-state index < -0.39 is 12.3 Å². The quantitative estimate of drug-likeness (QED) is 0.321. The number of nitrogens with zero attached hydrogens (tertiary/aromatic N) is 2. The molecule has 0 spiro atoms. The minimum Gasteiger partial charge on any atom is -0.487 e. The fourth-order valence-electron chi connectivity index (χ4n) is 3.17. The molecule has 3 nitrogen and oxygen atoms in total. The van der Waals surface area contributed by atoms with Crippen molar-refractivity contribution in [2.45, 2.75) is 84.0 Å². The van der Waals surface area contributed by atoms with Crippen LogP contribution in [0.4, 0.5) is 8.78 Å². The second-order valence-electron chi connectivity index (χ2n) is 7.61. The lowest BCUT2D eigenvalue weighted by Crippen LogP contribution is -2.17. The first kappa shape index (κ1) is 23.2. The summed E-state index contributed by atoms with van der Waals surface area (Å²) in [5.74, 6) is 0.998. The van der Waals surface area contributed by atoms with Gasteiger partial charge in [0, 0.05) is 12.0 Å². The van der Waals surface area contributed by atoms with Crippen LogP contribution in [0, 0.1) is 0 Å². The molecule has 0 fully saturated rings. The van der Waals surface area contributed by atoms with Gasteiger partial charge < -0.3 is 4.74 Å². The molecule has 0 N–H and O–H groups in total. The molecule has 0 aliphatic heterocycles. The zero-order valence-electron chi connectivity index (χ0n) is 17.7. The van der Waals surface area contributed by atoms with Gasteiger partial charge in [0.05, 0.1) is 12.4 Å². The van der Waals surface area contributed by atoms with Crippen LogP contribution in [0.5, 0.6) is 5.75 Å². The Bertz CT molecular complexity index is 676. The van der Waals surface area contributed by atoms with Crippen LogP contribution in [0.25, 0.3) is 11.4 Å². The molecule has 160 valence electrons. The van der Waals surface area contributed by atoms with Gasteiger partial charge in [-0.1, -0.05) is 70.2 Å². The van der Waals surface area contributed by atoms with E-state index in [0.717, 1.165) is 12.0 Å². The Morgan fingerprint density at radius 1 is 0.862 bits per heavy atom. The second-order valence-corrected chi connectivity index (χ2v) is 7.61. The van der Waals surface area contributed by atoms with Gasteiger partial charge >= 0.3 is 0 Å². The zero-order valence-corrected chi connectivity index (χ0v) is 17.7. The summed E-state index contributed by atoms with van der Waals surface area (Å²) in [5.41, 5.74) is 2.27. The van der Waals surface area contributed by atoms with Gasteiger partial charge in [-0.2, -0.15) is 0 Å².